The Hall–Kier alpha value is -3.14. The van der Waals surface area contributed by atoms with Gasteiger partial charge >= 0.3 is 16.1 Å². The Morgan fingerprint density at radius 3 is 2.38 bits per heavy atom. The van der Waals surface area contributed by atoms with E-state index in [1.54, 1.807) is 11.8 Å². The van der Waals surface area contributed by atoms with E-state index in [-0.39, 0.29) is 44.1 Å². The van der Waals surface area contributed by atoms with E-state index in [1.165, 1.54) is 20.1 Å². The highest BCUT2D eigenvalue weighted by Crippen LogP contribution is 2.29. The van der Waals surface area contributed by atoms with Crippen LogP contribution in [0.2, 0.25) is 10.0 Å². The van der Waals surface area contributed by atoms with Crippen molar-refractivity contribution in [3.05, 3.63) is 33.2 Å². The number of carboxylic acid groups (broad SMARTS) is 1. The fourth-order valence-corrected chi connectivity index (χ4v) is 5.28. The molecule has 0 aliphatic carbocycles. The lowest BCUT2D eigenvalue weighted by Crippen LogP contribution is -2.45. The van der Waals surface area contributed by atoms with Crippen molar-refractivity contribution in [1.82, 2.24) is 30.1 Å². The number of H-pyrrole nitrogens is 1. The predicted molar refractivity (Wildman–Crippen MR) is 132 cm³/mol. The molecule has 0 aromatic carbocycles. The highest BCUT2D eigenvalue weighted by atomic mass is 35.5. The summed E-state index contributed by atoms with van der Waals surface area (Å²) >= 11 is 12.2. The van der Waals surface area contributed by atoms with Crippen LogP contribution in [0, 0.1) is 6.92 Å². The van der Waals surface area contributed by atoms with Crippen LogP contribution in [0.1, 0.15) is 46.4 Å². The van der Waals surface area contributed by atoms with Gasteiger partial charge in [-0.05, 0) is 26.7 Å². The van der Waals surface area contributed by atoms with Gasteiger partial charge < -0.3 is 20.3 Å². The van der Waals surface area contributed by atoms with Crippen LogP contribution in [-0.2, 0) is 14.9 Å². The van der Waals surface area contributed by atoms with E-state index in [0.29, 0.717) is 31.6 Å². The molecule has 1 aliphatic rings. The van der Waals surface area contributed by atoms with E-state index in [9.17, 15) is 27.9 Å². The maximum absolute atomic E-state index is 12.9. The SMILES string of the molecule is CCN(C(=O)O)S(=O)(=O)c1nc(C(=O)NOC)cc(N2CCC(NC(=O)c3[nH]c(C)c(Cl)c3Cl)CC2)n1. The van der Waals surface area contributed by atoms with Crippen LogP contribution < -0.4 is 15.7 Å². The lowest BCUT2D eigenvalue weighted by molar-refractivity contribution is 0.0531. The molecule has 14 nitrogen and oxygen atoms in total. The van der Waals surface area contributed by atoms with Crippen LogP contribution >= 0.6 is 23.2 Å². The van der Waals surface area contributed by atoms with Crippen LogP contribution in [-0.4, -0.2) is 83.5 Å². The topological polar surface area (TPSA) is 187 Å². The molecule has 1 aliphatic heterocycles. The number of aryl methyl sites for hydroxylation is 1. The number of amides is 3. The zero-order valence-corrected chi connectivity index (χ0v) is 22.4. The van der Waals surface area contributed by atoms with Crippen LogP contribution in [0.25, 0.3) is 0 Å². The molecule has 1 fully saturated rings. The number of hydrogen-bond acceptors (Lipinski definition) is 9. The Morgan fingerprint density at radius 1 is 1.22 bits per heavy atom. The van der Waals surface area contributed by atoms with E-state index >= 15 is 0 Å². The molecule has 2 aromatic rings. The summed E-state index contributed by atoms with van der Waals surface area (Å²) in [5, 5.41) is 11.7. The first kappa shape index (κ1) is 28.4. The Morgan fingerprint density at radius 2 is 1.86 bits per heavy atom. The molecule has 4 N–H and O–H groups in total. The summed E-state index contributed by atoms with van der Waals surface area (Å²) in [5.74, 6) is -1.17. The molecular formula is C20H25Cl2N7O7S. The fourth-order valence-electron chi connectivity index (χ4n) is 3.70. The van der Waals surface area contributed by atoms with E-state index in [0.717, 1.165) is 0 Å². The largest absolute Gasteiger partial charge is 0.464 e. The molecule has 3 rings (SSSR count). The first-order chi connectivity index (χ1) is 17.4. The Labute approximate surface area is 222 Å². The summed E-state index contributed by atoms with van der Waals surface area (Å²) in [6.45, 7) is 3.31. The minimum absolute atomic E-state index is 0.0934. The van der Waals surface area contributed by atoms with Crippen molar-refractivity contribution < 1.29 is 32.7 Å². The van der Waals surface area contributed by atoms with Gasteiger partial charge in [0.25, 0.3) is 17.0 Å². The third kappa shape index (κ3) is 6.06. The van der Waals surface area contributed by atoms with Gasteiger partial charge in [-0.15, -0.1) is 0 Å². The van der Waals surface area contributed by atoms with Crippen LogP contribution in [0.5, 0.6) is 0 Å². The number of hydroxylamine groups is 1. The van der Waals surface area contributed by atoms with Crippen molar-refractivity contribution in [1.29, 1.82) is 0 Å². The van der Waals surface area contributed by atoms with Crippen molar-refractivity contribution in [2.24, 2.45) is 0 Å². The molecule has 3 heterocycles. The second-order valence-electron chi connectivity index (χ2n) is 7.97. The summed E-state index contributed by atoms with van der Waals surface area (Å²) in [4.78, 5) is 53.4. The number of carbonyl (C=O) groups is 3. The van der Waals surface area contributed by atoms with Gasteiger partial charge in [0.1, 0.15) is 17.2 Å². The number of halogens is 2. The predicted octanol–water partition coefficient (Wildman–Crippen LogP) is 1.80. The molecule has 37 heavy (non-hydrogen) atoms. The number of aromatic nitrogens is 3. The van der Waals surface area contributed by atoms with Gasteiger partial charge in [0.2, 0.25) is 0 Å². The maximum Gasteiger partial charge on any atom is 0.421 e. The zero-order valence-electron chi connectivity index (χ0n) is 20.0. The maximum atomic E-state index is 12.9. The Balaban J connectivity index is 1.82. The molecule has 202 valence electrons. The molecule has 0 bridgehead atoms. The molecule has 3 amide bonds. The monoisotopic (exact) mass is 577 g/mol. The second kappa shape index (κ2) is 11.5. The van der Waals surface area contributed by atoms with Crippen molar-refractivity contribution >= 4 is 57.0 Å². The number of nitrogens with one attached hydrogen (secondary N) is 3. The first-order valence-corrected chi connectivity index (χ1v) is 13.2. The highest BCUT2D eigenvalue weighted by Gasteiger charge is 2.33. The quantitative estimate of drug-likeness (QED) is 0.266. The first-order valence-electron chi connectivity index (χ1n) is 11.0. The van der Waals surface area contributed by atoms with Crippen molar-refractivity contribution in [3.8, 4) is 0 Å². The van der Waals surface area contributed by atoms with Crippen LogP contribution in [0.15, 0.2) is 11.2 Å². The minimum Gasteiger partial charge on any atom is -0.464 e. The number of nitrogens with zero attached hydrogens (tertiary/aromatic N) is 4. The van der Waals surface area contributed by atoms with Gasteiger partial charge in [-0.25, -0.2) is 15.3 Å². The third-order valence-corrected chi connectivity index (χ3v) is 8.16. The normalized spacial score (nSPS) is 14.4. The summed E-state index contributed by atoms with van der Waals surface area (Å²) in [6.07, 6.45) is -0.799. The summed E-state index contributed by atoms with van der Waals surface area (Å²) in [6, 6.07) is 1.04. The molecule has 0 unspecified atom stereocenters. The van der Waals surface area contributed by atoms with Gasteiger partial charge in [0, 0.05) is 37.4 Å². The molecule has 17 heteroatoms. The van der Waals surface area contributed by atoms with Gasteiger partial charge in [0.05, 0.1) is 17.2 Å². The highest BCUT2D eigenvalue weighted by molar-refractivity contribution is 7.89. The molecule has 0 saturated carbocycles. The Bertz CT molecular complexity index is 1310. The van der Waals surface area contributed by atoms with E-state index in [1.807, 2.05) is 5.48 Å². The zero-order chi connectivity index (χ0) is 27.5. The van der Waals surface area contributed by atoms with Crippen molar-refractivity contribution in [2.45, 2.75) is 37.9 Å². The number of rotatable bonds is 8. The smallest absolute Gasteiger partial charge is 0.421 e. The summed E-state index contributed by atoms with van der Waals surface area (Å²) in [7, 11) is -3.48. The molecular weight excluding hydrogens is 553 g/mol. The van der Waals surface area contributed by atoms with E-state index < -0.39 is 33.1 Å². The van der Waals surface area contributed by atoms with Gasteiger partial charge in [-0.1, -0.05) is 23.2 Å². The van der Waals surface area contributed by atoms with Gasteiger partial charge in [-0.2, -0.15) is 17.7 Å². The number of anilines is 1. The standard InChI is InChI=1S/C20H25Cl2N7O7S/c1-4-29(20(32)33)37(34,35)19-25-12(17(30)27-36-3)9-13(26-19)28-7-5-11(6-8-28)24-18(31)16-15(22)14(21)10(2)23-16/h9,11,23H,4-8H2,1-3H3,(H,24,31)(H,27,30)(H,32,33). The molecule has 1 saturated heterocycles. The number of aromatic amines is 1. The lowest BCUT2D eigenvalue weighted by Gasteiger charge is -2.33. The Kier molecular flexibility index (Phi) is 8.84. The minimum atomic E-state index is -4.67. The average molecular weight is 578 g/mol. The summed E-state index contributed by atoms with van der Waals surface area (Å²) < 4.78 is 26.0. The molecule has 0 atom stereocenters. The summed E-state index contributed by atoms with van der Waals surface area (Å²) in [5.41, 5.74) is 2.44. The van der Waals surface area contributed by atoms with E-state index in [2.05, 4.69) is 25.1 Å². The van der Waals surface area contributed by atoms with Gasteiger partial charge in [-0.3, -0.25) is 14.4 Å². The fraction of sp³-hybridized carbons (Fsp3) is 0.450. The lowest BCUT2D eigenvalue weighted by atomic mass is 10.0. The van der Waals surface area contributed by atoms with Crippen LogP contribution in [0.4, 0.5) is 10.6 Å². The number of hydrogen-bond donors (Lipinski definition) is 4. The van der Waals surface area contributed by atoms with Crippen LogP contribution in [0.3, 0.4) is 0 Å². The second-order valence-corrected chi connectivity index (χ2v) is 10.5. The average Bonchev–Trinajstić information content (AvgIpc) is 3.11. The van der Waals surface area contributed by atoms with Crippen molar-refractivity contribution in [3.63, 3.8) is 0 Å². The van der Waals surface area contributed by atoms with E-state index in [4.69, 9.17) is 23.2 Å². The number of sulfonamides is 1. The molecule has 2 aromatic heterocycles. The third-order valence-electron chi connectivity index (χ3n) is 5.58. The van der Waals surface area contributed by atoms with Crippen molar-refractivity contribution in [2.75, 3.05) is 31.6 Å². The molecule has 0 radical (unpaired) electrons. The number of carbonyl (C=O) groups excluding carboxylic acids is 2. The number of piperidine rings is 1. The molecule has 0 spiro atoms. The van der Waals surface area contributed by atoms with Gasteiger partial charge in [0.15, 0.2) is 0 Å².